The van der Waals surface area contributed by atoms with Crippen LogP contribution in [0.25, 0.3) is 0 Å². The van der Waals surface area contributed by atoms with Gasteiger partial charge in [0.15, 0.2) is 9.84 Å². The van der Waals surface area contributed by atoms with Crippen molar-refractivity contribution in [2.24, 2.45) is 0 Å². The quantitative estimate of drug-likeness (QED) is 0.720. The smallest absolute Gasteiger partial charge is 0.260 e. The van der Waals surface area contributed by atoms with Crippen molar-refractivity contribution in [3.05, 3.63) is 59.2 Å². The molecule has 0 N–H and O–H groups in total. The first-order valence-electron chi connectivity index (χ1n) is 8.98. The van der Waals surface area contributed by atoms with Crippen molar-refractivity contribution in [1.82, 2.24) is 4.90 Å². The Balaban J connectivity index is 2.17. The van der Waals surface area contributed by atoms with Gasteiger partial charge in [0.2, 0.25) is 5.91 Å². The number of likely N-dealkylation sites (N-methyl/N-ethyl adjacent to an activating group) is 1. The van der Waals surface area contributed by atoms with Crippen LogP contribution in [0.1, 0.15) is 35.3 Å². The molecular weight excluding hydrogens is 378 g/mol. The lowest BCUT2D eigenvalue weighted by molar-refractivity contribution is -0.133. The van der Waals surface area contributed by atoms with E-state index in [0.29, 0.717) is 16.9 Å². The Morgan fingerprint density at radius 3 is 2.29 bits per heavy atom. The summed E-state index contributed by atoms with van der Waals surface area (Å²) >= 11 is 0. The first-order chi connectivity index (χ1) is 13.1. The van der Waals surface area contributed by atoms with Gasteiger partial charge in [-0.05, 0) is 56.7 Å². The standard InChI is InChI=1S/C21H23NO5S/c1-5-22-19(23)17-11-8-15(27-4)12-18(17)21(3,20(22)24)13-28(25,26)16-9-6-14(2)7-10-16/h6-12H,5,13H2,1-4H3. The zero-order valence-electron chi connectivity index (χ0n) is 16.4. The summed E-state index contributed by atoms with van der Waals surface area (Å²) in [6.45, 7) is 5.31. The third-order valence-corrected chi connectivity index (χ3v) is 7.14. The summed E-state index contributed by atoms with van der Waals surface area (Å²) in [5, 5.41) is 0. The van der Waals surface area contributed by atoms with Crippen molar-refractivity contribution >= 4 is 21.7 Å². The summed E-state index contributed by atoms with van der Waals surface area (Å²) in [4.78, 5) is 27.2. The maximum atomic E-state index is 13.2. The molecule has 2 aromatic rings. The molecule has 148 valence electrons. The highest BCUT2D eigenvalue weighted by atomic mass is 32.2. The van der Waals surface area contributed by atoms with Gasteiger partial charge in [0.1, 0.15) is 5.75 Å². The number of fused-ring (bicyclic) bond motifs is 1. The molecule has 1 atom stereocenters. The first kappa shape index (κ1) is 20.1. The number of amides is 2. The Bertz CT molecular complexity index is 1040. The second kappa shape index (κ2) is 7.05. The molecule has 0 aromatic heterocycles. The largest absolute Gasteiger partial charge is 0.497 e. The predicted molar refractivity (Wildman–Crippen MR) is 105 cm³/mol. The van der Waals surface area contributed by atoms with Gasteiger partial charge in [-0.3, -0.25) is 14.5 Å². The highest BCUT2D eigenvalue weighted by Crippen LogP contribution is 2.39. The zero-order chi connectivity index (χ0) is 20.7. The second-order valence-electron chi connectivity index (χ2n) is 7.17. The molecule has 3 rings (SSSR count). The fraction of sp³-hybridized carbons (Fsp3) is 0.333. The molecule has 2 amide bonds. The van der Waals surface area contributed by atoms with Gasteiger partial charge in [0.25, 0.3) is 5.91 Å². The number of nitrogens with zero attached hydrogens (tertiary/aromatic N) is 1. The van der Waals surface area contributed by atoms with Gasteiger partial charge in [0, 0.05) is 12.1 Å². The number of rotatable bonds is 5. The predicted octanol–water partition coefficient (Wildman–Crippen LogP) is 2.74. The second-order valence-corrected chi connectivity index (χ2v) is 9.16. The van der Waals surface area contributed by atoms with Crippen molar-refractivity contribution in [2.45, 2.75) is 31.1 Å². The molecular formula is C21H23NO5S. The maximum Gasteiger partial charge on any atom is 0.260 e. The number of hydrogen-bond acceptors (Lipinski definition) is 5. The molecule has 0 spiro atoms. The van der Waals surface area contributed by atoms with Crippen molar-refractivity contribution < 1.29 is 22.7 Å². The molecule has 0 saturated carbocycles. The van der Waals surface area contributed by atoms with Crippen molar-refractivity contribution in [2.75, 3.05) is 19.4 Å². The van der Waals surface area contributed by atoms with Crippen molar-refractivity contribution in [3.8, 4) is 5.75 Å². The van der Waals surface area contributed by atoms with Crippen LogP contribution in [0.5, 0.6) is 5.75 Å². The fourth-order valence-corrected chi connectivity index (χ4v) is 5.34. The Kier molecular flexibility index (Phi) is 5.06. The van der Waals surface area contributed by atoms with Crippen LogP contribution in [0.2, 0.25) is 0 Å². The molecule has 0 fully saturated rings. The summed E-state index contributed by atoms with van der Waals surface area (Å²) in [7, 11) is -2.30. The topological polar surface area (TPSA) is 80.8 Å². The number of sulfone groups is 1. The lowest BCUT2D eigenvalue weighted by Crippen LogP contribution is -2.55. The molecule has 1 aliphatic rings. The van der Waals surface area contributed by atoms with Gasteiger partial charge in [-0.15, -0.1) is 0 Å². The van der Waals surface area contributed by atoms with Crippen LogP contribution in [-0.4, -0.2) is 44.5 Å². The van der Waals surface area contributed by atoms with E-state index >= 15 is 0 Å². The Morgan fingerprint density at radius 2 is 1.71 bits per heavy atom. The van der Waals surface area contributed by atoms with Crippen LogP contribution >= 0.6 is 0 Å². The number of aryl methyl sites for hydroxylation is 1. The molecule has 1 aliphatic heterocycles. The number of carbonyl (C=O) groups is 2. The van der Waals surface area contributed by atoms with E-state index in [1.807, 2.05) is 6.92 Å². The number of hydrogen-bond donors (Lipinski definition) is 0. The molecule has 28 heavy (non-hydrogen) atoms. The molecule has 0 radical (unpaired) electrons. The Morgan fingerprint density at radius 1 is 1.07 bits per heavy atom. The van der Waals surface area contributed by atoms with Gasteiger partial charge in [-0.2, -0.15) is 0 Å². The highest BCUT2D eigenvalue weighted by Gasteiger charge is 2.49. The van der Waals surface area contributed by atoms with Gasteiger partial charge in [-0.25, -0.2) is 8.42 Å². The van der Waals surface area contributed by atoms with E-state index in [1.165, 1.54) is 19.2 Å². The number of carbonyl (C=O) groups excluding carboxylic acids is 2. The third-order valence-electron chi connectivity index (χ3n) is 5.19. The molecule has 0 aliphatic carbocycles. The third kappa shape index (κ3) is 3.20. The van der Waals surface area contributed by atoms with E-state index in [1.54, 1.807) is 44.2 Å². The van der Waals surface area contributed by atoms with Crippen molar-refractivity contribution in [3.63, 3.8) is 0 Å². The van der Waals surface area contributed by atoms with Crippen LogP contribution in [0.3, 0.4) is 0 Å². The summed E-state index contributed by atoms with van der Waals surface area (Å²) in [6.07, 6.45) is 0. The minimum Gasteiger partial charge on any atom is -0.497 e. The molecule has 2 aromatic carbocycles. The van der Waals surface area contributed by atoms with Gasteiger partial charge >= 0.3 is 0 Å². The molecule has 6 nitrogen and oxygen atoms in total. The Hall–Kier alpha value is -2.67. The summed E-state index contributed by atoms with van der Waals surface area (Å²) in [5.41, 5.74) is 0.236. The molecule has 1 unspecified atom stereocenters. The normalized spacial score (nSPS) is 19.5. The molecule has 7 heteroatoms. The number of ether oxygens (including phenoxy) is 1. The van der Waals surface area contributed by atoms with E-state index in [0.717, 1.165) is 10.5 Å². The van der Waals surface area contributed by atoms with E-state index in [2.05, 4.69) is 0 Å². The van der Waals surface area contributed by atoms with E-state index < -0.39 is 32.8 Å². The minimum atomic E-state index is -3.78. The van der Waals surface area contributed by atoms with Crippen LogP contribution < -0.4 is 4.74 Å². The lowest BCUT2D eigenvalue weighted by atomic mass is 9.77. The maximum absolute atomic E-state index is 13.2. The van der Waals surface area contributed by atoms with Crippen molar-refractivity contribution in [1.29, 1.82) is 0 Å². The Labute approximate surface area is 165 Å². The average molecular weight is 401 g/mol. The molecule has 1 heterocycles. The van der Waals surface area contributed by atoms with Crippen LogP contribution in [0.15, 0.2) is 47.4 Å². The molecule has 0 bridgehead atoms. The summed E-state index contributed by atoms with van der Waals surface area (Å²) < 4.78 is 31.5. The fourth-order valence-electron chi connectivity index (χ4n) is 3.58. The van der Waals surface area contributed by atoms with Crippen LogP contribution in [-0.2, 0) is 20.0 Å². The van der Waals surface area contributed by atoms with Gasteiger partial charge in [0.05, 0.1) is 23.2 Å². The zero-order valence-corrected chi connectivity index (χ0v) is 17.2. The monoisotopic (exact) mass is 401 g/mol. The van der Waals surface area contributed by atoms with E-state index in [9.17, 15) is 18.0 Å². The summed E-state index contributed by atoms with van der Waals surface area (Å²) in [6, 6.07) is 11.3. The number of methoxy groups -OCH3 is 1. The van der Waals surface area contributed by atoms with Gasteiger partial charge < -0.3 is 4.74 Å². The SMILES string of the molecule is CCN1C(=O)c2ccc(OC)cc2C(C)(CS(=O)(=O)c2ccc(C)cc2)C1=O. The summed E-state index contributed by atoms with van der Waals surface area (Å²) in [5.74, 6) is -0.915. The average Bonchev–Trinajstić information content (AvgIpc) is 2.66. The highest BCUT2D eigenvalue weighted by molar-refractivity contribution is 7.91. The lowest BCUT2D eigenvalue weighted by Gasteiger charge is -2.39. The number of imide groups is 1. The van der Waals surface area contributed by atoms with Crippen LogP contribution in [0, 0.1) is 6.92 Å². The van der Waals surface area contributed by atoms with E-state index in [-0.39, 0.29) is 11.4 Å². The molecule has 0 saturated heterocycles. The van der Waals surface area contributed by atoms with Crippen LogP contribution in [0.4, 0.5) is 0 Å². The number of benzene rings is 2. The van der Waals surface area contributed by atoms with Gasteiger partial charge in [-0.1, -0.05) is 17.7 Å². The first-order valence-corrected chi connectivity index (χ1v) is 10.6. The van der Waals surface area contributed by atoms with E-state index in [4.69, 9.17) is 4.74 Å². The minimum absolute atomic E-state index is 0.150.